The maximum atomic E-state index is 12.6. The van der Waals surface area contributed by atoms with Crippen LogP contribution in [-0.4, -0.2) is 39.3 Å². The number of hydrogen-bond donors (Lipinski definition) is 3. The highest BCUT2D eigenvalue weighted by molar-refractivity contribution is 7.99. The Morgan fingerprint density at radius 2 is 2.00 bits per heavy atom. The number of nitrogen functional groups attached to an aromatic ring is 2. The Bertz CT molecular complexity index is 1190. The lowest BCUT2D eigenvalue weighted by atomic mass is 10.3. The molecule has 0 radical (unpaired) electrons. The number of nitrogens with two attached hydrogens (primary N) is 2. The normalized spacial score (nSPS) is 10.7. The van der Waals surface area contributed by atoms with Gasteiger partial charge in [0.1, 0.15) is 6.54 Å². The number of aromatic nitrogens is 4. The van der Waals surface area contributed by atoms with E-state index in [0.717, 1.165) is 21.8 Å². The van der Waals surface area contributed by atoms with E-state index >= 15 is 0 Å². The quantitative estimate of drug-likeness (QED) is 0.124. The number of thioether (sulfide) groups is 1. The fraction of sp³-hybridized carbons (Fsp3) is 0.350. The number of aryl methyl sites for hydroxylation is 2. The van der Waals surface area contributed by atoms with Crippen molar-refractivity contribution in [2.45, 2.75) is 31.3 Å². The second-order valence-electron chi connectivity index (χ2n) is 6.86. The highest BCUT2D eigenvalue weighted by Crippen LogP contribution is 2.24. The molecule has 0 aliphatic heterocycles. The number of halogens is 2. The van der Waals surface area contributed by atoms with Crippen LogP contribution in [0.3, 0.4) is 0 Å². The largest absolute Gasteiger partial charge is 1.00 e. The van der Waals surface area contributed by atoms with Gasteiger partial charge in [0.2, 0.25) is 0 Å². The molecule has 0 unspecified atom stereocenters. The van der Waals surface area contributed by atoms with E-state index in [1.807, 2.05) is 30.7 Å². The number of methoxy groups -OCH3 is 1. The van der Waals surface area contributed by atoms with Crippen LogP contribution in [0.25, 0.3) is 11.0 Å². The average Bonchev–Trinajstić information content (AvgIpc) is 3.04. The summed E-state index contributed by atoms with van der Waals surface area (Å²) in [7, 11) is 3.32. The topological polar surface area (TPSA) is 142 Å². The zero-order valence-electron chi connectivity index (χ0n) is 18.4. The first-order chi connectivity index (χ1) is 15.3. The first-order valence-electron chi connectivity index (χ1n) is 9.84. The van der Waals surface area contributed by atoms with Crippen molar-refractivity contribution in [2.75, 3.05) is 24.3 Å². The van der Waals surface area contributed by atoms with Crippen molar-refractivity contribution in [3.63, 3.8) is 0 Å². The van der Waals surface area contributed by atoms with Crippen molar-refractivity contribution in [2.24, 2.45) is 7.05 Å². The molecule has 0 bridgehead atoms. The second kappa shape index (κ2) is 11.7. The number of nitrogens with zero attached hydrogens (tertiary/aromatic N) is 4. The van der Waals surface area contributed by atoms with Gasteiger partial charge in [0, 0.05) is 16.7 Å². The maximum Gasteiger partial charge on any atom is 0.306 e. The SMILES string of the molecule is CCn1c(CNC(=O)c2nc(Cl)c(N)nc2N)[n+](C)c2ccc(SCCC(=O)OC)cc21.[I-]. The number of nitrogens with one attached hydrogen (secondary N) is 1. The summed E-state index contributed by atoms with van der Waals surface area (Å²) < 4.78 is 8.82. The number of carbonyl (C=O) groups is 2. The monoisotopic (exact) mass is 605 g/mol. The van der Waals surface area contributed by atoms with Crippen LogP contribution in [0.2, 0.25) is 5.15 Å². The number of ether oxygens (including phenoxy) is 1. The summed E-state index contributed by atoms with van der Waals surface area (Å²) in [5.41, 5.74) is 13.3. The number of imidazole rings is 1. The minimum atomic E-state index is -0.496. The van der Waals surface area contributed by atoms with Crippen molar-refractivity contribution in [3.8, 4) is 0 Å². The lowest BCUT2D eigenvalue weighted by Gasteiger charge is -2.07. The van der Waals surface area contributed by atoms with Gasteiger partial charge >= 0.3 is 5.97 Å². The van der Waals surface area contributed by atoms with Crippen molar-refractivity contribution in [1.82, 2.24) is 19.9 Å². The molecular formula is C20H25ClIN7O3S. The molecule has 5 N–H and O–H groups in total. The van der Waals surface area contributed by atoms with Gasteiger partial charge in [0.25, 0.3) is 11.7 Å². The van der Waals surface area contributed by atoms with Crippen molar-refractivity contribution in [3.05, 3.63) is 34.9 Å². The number of esters is 1. The van der Waals surface area contributed by atoms with Gasteiger partial charge in [-0.1, -0.05) is 11.6 Å². The highest BCUT2D eigenvalue weighted by atomic mass is 127. The van der Waals surface area contributed by atoms with E-state index in [2.05, 4.69) is 30.7 Å². The fourth-order valence-electron chi connectivity index (χ4n) is 3.32. The van der Waals surface area contributed by atoms with Gasteiger partial charge in [-0.3, -0.25) is 9.59 Å². The van der Waals surface area contributed by atoms with E-state index < -0.39 is 5.91 Å². The fourth-order valence-corrected chi connectivity index (χ4v) is 4.32. The molecule has 0 spiro atoms. The molecule has 3 rings (SSSR count). The summed E-state index contributed by atoms with van der Waals surface area (Å²) in [5, 5.41) is 2.75. The molecule has 0 aliphatic carbocycles. The molecule has 2 heterocycles. The summed E-state index contributed by atoms with van der Waals surface area (Å²) in [6, 6.07) is 6.12. The van der Waals surface area contributed by atoms with Crippen LogP contribution in [0, 0.1) is 0 Å². The number of benzene rings is 1. The Hall–Kier alpha value is -2.32. The Balaban J connectivity index is 0.00000385. The van der Waals surface area contributed by atoms with Gasteiger partial charge < -0.3 is 45.5 Å². The zero-order chi connectivity index (χ0) is 23.4. The second-order valence-corrected chi connectivity index (χ2v) is 8.39. The van der Waals surface area contributed by atoms with Crippen LogP contribution in [0.4, 0.5) is 11.6 Å². The van der Waals surface area contributed by atoms with Gasteiger partial charge in [-0.25, -0.2) is 19.1 Å². The molecule has 0 atom stereocenters. The first kappa shape index (κ1) is 26.9. The van der Waals surface area contributed by atoms with Gasteiger partial charge in [-0.15, -0.1) is 11.8 Å². The third kappa shape index (κ3) is 5.98. The van der Waals surface area contributed by atoms with E-state index in [-0.39, 0.29) is 59.0 Å². The highest BCUT2D eigenvalue weighted by Gasteiger charge is 2.24. The lowest BCUT2D eigenvalue weighted by Crippen LogP contribution is -3.00. The van der Waals surface area contributed by atoms with Crippen LogP contribution >= 0.6 is 23.4 Å². The van der Waals surface area contributed by atoms with Gasteiger partial charge in [0.05, 0.1) is 27.1 Å². The summed E-state index contributed by atoms with van der Waals surface area (Å²) in [5.74, 6) is 0.682. The molecule has 0 saturated carbocycles. The Kier molecular flexibility index (Phi) is 9.55. The molecule has 0 fully saturated rings. The van der Waals surface area contributed by atoms with Crippen LogP contribution < -0.4 is 45.3 Å². The molecule has 1 aromatic carbocycles. The Morgan fingerprint density at radius 1 is 1.27 bits per heavy atom. The number of fused-ring (bicyclic) bond motifs is 1. The summed E-state index contributed by atoms with van der Waals surface area (Å²) in [6.45, 7) is 2.98. The molecular weight excluding hydrogens is 581 g/mol. The molecule has 13 heteroatoms. The molecule has 33 heavy (non-hydrogen) atoms. The maximum absolute atomic E-state index is 12.6. The van der Waals surface area contributed by atoms with Crippen LogP contribution in [-0.2, 0) is 29.7 Å². The average molecular weight is 606 g/mol. The van der Waals surface area contributed by atoms with Crippen molar-refractivity contribution >= 4 is 57.9 Å². The van der Waals surface area contributed by atoms with Crippen LogP contribution in [0.15, 0.2) is 23.1 Å². The zero-order valence-corrected chi connectivity index (χ0v) is 22.1. The molecule has 1 amide bonds. The number of amides is 1. The minimum absolute atomic E-state index is 0. The Labute approximate surface area is 217 Å². The minimum Gasteiger partial charge on any atom is -1.00 e. The number of anilines is 2. The Morgan fingerprint density at radius 3 is 2.67 bits per heavy atom. The van der Waals surface area contributed by atoms with E-state index in [1.165, 1.54) is 7.11 Å². The number of carbonyl (C=O) groups excluding carboxylic acids is 2. The van der Waals surface area contributed by atoms with E-state index in [1.54, 1.807) is 11.8 Å². The van der Waals surface area contributed by atoms with Crippen molar-refractivity contribution < 1.29 is 42.9 Å². The van der Waals surface area contributed by atoms with E-state index in [4.69, 9.17) is 23.1 Å². The summed E-state index contributed by atoms with van der Waals surface area (Å²) in [4.78, 5) is 32.8. The molecule has 2 aromatic heterocycles. The van der Waals surface area contributed by atoms with Gasteiger partial charge in [-0.2, -0.15) is 0 Å². The molecule has 10 nitrogen and oxygen atoms in total. The number of rotatable bonds is 8. The first-order valence-corrected chi connectivity index (χ1v) is 11.2. The third-order valence-corrected chi connectivity index (χ3v) is 6.22. The number of hydrogen-bond acceptors (Lipinski definition) is 8. The van der Waals surface area contributed by atoms with Crippen molar-refractivity contribution in [1.29, 1.82) is 0 Å². The summed E-state index contributed by atoms with van der Waals surface area (Å²) >= 11 is 7.47. The summed E-state index contributed by atoms with van der Waals surface area (Å²) in [6.07, 6.45) is 0.347. The standard InChI is InChI=1S/C20H24ClN7O3S.HI/c1-4-28-13-9-11(32-8-7-15(29)31-3)5-6-12(13)27(2)14(28)10-24-20(30)16-18(22)26-19(23)17(21)25-16;/h5-6,9H,4,7-8,10H2,1-3H3,(H4-,22,23,24,26,30);1H. The molecule has 3 aromatic rings. The van der Waals surface area contributed by atoms with Crippen LogP contribution in [0.5, 0.6) is 0 Å². The van der Waals surface area contributed by atoms with Gasteiger partial charge in [-0.05, 0) is 19.1 Å². The smallest absolute Gasteiger partial charge is 0.306 e. The molecule has 0 saturated heterocycles. The third-order valence-electron chi connectivity index (χ3n) is 4.94. The lowest BCUT2D eigenvalue weighted by molar-refractivity contribution is -0.654. The predicted molar refractivity (Wildman–Crippen MR) is 123 cm³/mol. The predicted octanol–water partition coefficient (Wildman–Crippen LogP) is -1.32. The van der Waals surface area contributed by atoms with E-state index in [9.17, 15) is 9.59 Å². The molecule has 0 aliphatic rings. The van der Waals surface area contributed by atoms with Crippen LogP contribution in [0.1, 0.15) is 29.7 Å². The van der Waals surface area contributed by atoms with E-state index in [0.29, 0.717) is 18.7 Å². The van der Waals surface area contributed by atoms with Gasteiger partial charge in [0.15, 0.2) is 33.5 Å². The molecule has 178 valence electrons.